The second-order valence-corrected chi connectivity index (χ2v) is 4.08. The highest BCUT2D eigenvalue weighted by Crippen LogP contribution is 2.22. The van der Waals surface area contributed by atoms with E-state index in [0.29, 0.717) is 5.69 Å². The maximum absolute atomic E-state index is 11.3. The first kappa shape index (κ1) is 12.8. The largest absolute Gasteiger partial charge is 0.474 e. The Morgan fingerprint density at radius 1 is 0.895 bits per heavy atom. The highest BCUT2D eigenvalue weighted by Gasteiger charge is 2.18. The molecule has 0 radical (unpaired) electrons. The van der Waals surface area contributed by atoms with E-state index in [1.807, 2.05) is 42.5 Å². The zero-order valence-electron chi connectivity index (χ0n) is 10.4. The van der Waals surface area contributed by atoms with Gasteiger partial charge in [-0.15, -0.1) is 0 Å². The van der Waals surface area contributed by atoms with E-state index in [2.05, 4.69) is 0 Å². The van der Waals surface area contributed by atoms with E-state index in [9.17, 15) is 9.59 Å². The number of hydrogen-bond acceptors (Lipinski definition) is 2. The van der Waals surface area contributed by atoms with Crippen molar-refractivity contribution in [2.24, 2.45) is 0 Å². The van der Waals surface area contributed by atoms with Gasteiger partial charge in [-0.05, 0) is 23.3 Å². The summed E-state index contributed by atoms with van der Waals surface area (Å²) in [6.45, 7) is 0. The molecule has 0 heterocycles. The lowest BCUT2D eigenvalue weighted by atomic mass is 10.1. The van der Waals surface area contributed by atoms with E-state index in [1.54, 1.807) is 12.1 Å². The molecule has 0 aliphatic heterocycles. The lowest BCUT2D eigenvalue weighted by Gasteiger charge is -2.15. The van der Waals surface area contributed by atoms with Crippen LogP contribution in [0.2, 0.25) is 0 Å². The molecular weight excluding hydrogens is 242 g/mol. The molecule has 4 nitrogen and oxygen atoms in total. The van der Waals surface area contributed by atoms with Crippen molar-refractivity contribution in [2.45, 2.75) is 0 Å². The Kier molecular flexibility index (Phi) is 3.61. The molecule has 0 aliphatic carbocycles. The highest BCUT2D eigenvalue weighted by molar-refractivity contribution is 6.37. The molecule has 0 aliphatic rings. The van der Waals surface area contributed by atoms with E-state index in [1.165, 1.54) is 7.05 Å². The molecule has 0 bridgehead atoms. The van der Waals surface area contributed by atoms with Crippen LogP contribution >= 0.6 is 0 Å². The van der Waals surface area contributed by atoms with Crippen molar-refractivity contribution in [3.8, 4) is 11.1 Å². The smallest absolute Gasteiger partial charge is 0.394 e. The Balaban J connectivity index is 2.24. The average molecular weight is 255 g/mol. The lowest BCUT2D eigenvalue weighted by molar-refractivity contribution is -0.148. The van der Waals surface area contributed by atoms with Gasteiger partial charge >= 0.3 is 11.9 Å². The van der Waals surface area contributed by atoms with Gasteiger partial charge in [0.25, 0.3) is 0 Å². The monoisotopic (exact) mass is 255 g/mol. The molecule has 0 saturated heterocycles. The summed E-state index contributed by atoms with van der Waals surface area (Å²) >= 11 is 0. The summed E-state index contributed by atoms with van der Waals surface area (Å²) in [7, 11) is 1.44. The molecular formula is C15H13NO3. The van der Waals surface area contributed by atoms with Crippen molar-refractivity contribution >= 4 is 17.6 Å². The molecule has 0 fully saturated rings. The number of benzene rings is 2. The molecule has 96 valence electrons. The van der Waals surface area contributed by atoms with Crippen LogP contribution in [0.15, 0.2) is 54.6 Å². The summed E-state index contributed by atoms with van der Waals surface area (Å²) in [6, 6.07) is 17.0. The predicted octanol–water partition coefficient (Wildman–Crippen LogP) is 2.40. The van der Waals surface area contributed by atoms with Gasteiger partial charge in [0.2, 0.25) is 0 Å². The van der Waals surface area contributed by atoms with E-state index in [-0.39, 0.29) is 0 Å². The van der Waals surface area contributed by atoms with Crippen molar-refractivity contribution in [3.63, 3.8) is 0 Å². The topological polar surface area (TPSA) is 57.6 Å². The second kappa shape index (κ2) is 5.35. The Bertz CT molecular complexity index is 591. The SMILES string of the molecule is CN(C(=O)C(=O)O)c1ccc(-c2ccccc2)cc1. The van der Waals surface area contributed by atoms with E-state index in [4.69, 9.17) is 5.11 Å². The second-order valence-electron chi connectivity index (χ2n) is 4.08. The van der Waals surface area contributed by atoms with Gasteiger partial charge in [0, 0.05) is 12.7 Å². The normalized spacial score (nSPS) is 9.95. The molecule has 1 amide bonds. The van der Waals surface area contributed by atoms with Gasteiger partial charge in [0.05, 0.1) is 0 Å². The first-order chi connectivity index (χ1) is 9.09. The van der Waals surface area contributed by atoms with E-state index in [0.717, 1.165) is 16.0 Å². The van der Waals surface area contributed by atoms with Crippen LogP contribution in [0.25, 0.3) is 11.1 Å². The van der Waals surface area contributed by atoms with Gasteiger partial charge in [0.1, 0.15) is 0 Å². The molecule has 2 rings (SSSR count). The van der Waals surface area contributed by atoms with Gasteiger partial charge in [-0.1, -0.05) is 42.5 Å². The van der Waals surface area contributed by atoms with Crippen LogP contribution in [0.3, 0.4) is 0 Å². The molecule has 2 aromatic carbocycles. The number of hydrogen-bond donors (Lipinski definition) is 1. The van der Waals surface area contributed by atoms with Crippen LogP contribution in [0.5, 0.6) is 0 Å². The number of carbonyl (C=O) groups excluding carboxylic acids is 1. The van der Waals surface area contributed by atoms with Crippen LogP contribution in [0.4, 0.5) is 5.69 Å². The summed E-state index contributed by atoms with van der Waals surface area (Å²) in [6.07, 6.45) is 0. The fraction of sp³-hybridized carbons (Fsp3) is 0.0667. The Morgan fingerprint density at radius 2 is 1.42 bits per heavy atom. The quantitative estimate of drug-likeness (QED) is 0.838. The molecule has 4 heteroatoms. The molecule has 1 N–H and O–H groups in total. The lowest BCUT2D eigenvalue weighted by Crippen LogP contribution is -2.32. The third-order valence-corrected chi connectivity index (χ3v) is 2.85. The Labute approximate surface area is 110 Å². The van der Waals surface area contributed by atoms with Crippen molar-refractivity contribution in [2.75, 3.05) is 11.9 Å². The third-order valence-electron chi connectivity index (χ3n) is 2.85. The molecule has 19 heavy (non-hydrogen) atoms. The summed E-state index contributed by atoms with van der Waals surface area (Å²) in [5, 5.41) is 8.66. The third kappa shape index (κ3) is 2.80. The molecule has 0 saturated carbocycles. The minimum absolute atomic E-state index is 0.548. The summed E-state index contributed by atoms with van der Waals surface area (Å²) in [4.78, 5) is 23.0. The number of aliphatic carboxylic acids is 1. The van der Waals surface area contributed by atoms with Gasteiger partial charge in [0.15, 0.2) is 0 Å². The molecule has 0 atom stereocenters. The van der Waals surface area contributed by atoms with Crippen molar-refractivity contribution in [1.82, 2.24) is 0 Å². The van der Waals surface area contributed by atoms with Crippen LogP contribution in [0, 0.1) is 0 Å². The first-order valence-corrected chi connectivity index (χ1v) is 5.76. The number of nitrogens with zero attached hydrogens (tertiary/aromatic N) is 1. The molecule has 0 spiro atoms. The van der Waals surface area contributed by atoms with Crippen molar-refractivity contribution in [1.29, 1.82) is 0 Å². The van der Waals surface area contributed by atoms with Crippen LogP contribution in [-0.2, 0) is 9.59 Å². The van der Waals surface area contributed by atoms with Crippen LogP contribution in [-0.4, -0.2) is 24.0 Å². The first-order valence-electron chi connectivity index (χ1n) is 5.76. The van der Waals surface area contributed by atoms with E-state index >= 15 is 0 Å². The maximum atomic E-state index is 11.3. The maximum Gasteiger partial charge on any atom is 0.394 e. The van der Waals surface area contributed by atoms with Crippen molar-refractivity contribution < 1.29 is 14.7 Å². The van der Waals surface area contributed by atoms with Crippen LogP contribution < -0.4 is 4.90 Å². The molecule has 0 aromatic heterocycles. The molecule has 2 aromatic rings. The highest BCUT2D eigenvalue weighted by atomic mass is 16.4. The zero-order chi connectivity index (χ0) is 13.8. The van der Waals surface area contributed by atoms with Crippen LogP contribution in [0.1, 0.15) is 0 Å². The number of amides is 1. The van der Waals surface area contributed by atoms with Crippen molar-refractivity contribution in [3.05, 3.63) is 54.6 Å². The number of anilines is 1. The summed E-state index contributed by atoms with van der Waals surface area (Å²) in [5.74, 6) is -2.41. The standard InChI is InChI=1S/C15H13NO3/c1-16(14(17)15(18)19)13-9-7-12(8-10-13)11-5-3-2-4-6-11/h2-10H,1H3,(H,18,19). The Hall–Kier alpha value is -2.62. The fourth-order valence-electron chi connectivity index (χ4n) is 1.77. The zero-order valence-corrected chi connectivity index (χ0v) is 10.4. The summed E-state index contributed by atoms with van der Waals surface area (Å²) in [5.41, 5.74) is 2.63. The van der Waals surface area contributed by atoms with E-state index < -0.39 is 11.9 Å². The minimum Gasteiger partial charge on any atom is -0.474 e. The number of carbonyl (C=O) groups is 2. The van der Waals surface area contributed by atoms with Gasteiger partial charge in [-0.25, -0.2) is 4.79 Å². The number of rotatable bonds is 2. The van der Waals surface area contributed by atoms with Gasteiger partial charge in [-0.3, -0.25) is 4.79 Å². The fourth-order valence-corrected chi connectivity index (χ4v) is 1.77. The Morgan fingerprint density at radius 3 is 1.95 bits per heavy atom. The average Bonchev–Trinajstić information content (AvgIpc) is 2.46. The van der Waals surface area contributed by atoms with Gasteiger partial charge in [-0.2, -0.15) is 0 Å². The predicted molar refractivity (Wildman–Crippen MR) is 72.9 cm³/mol. The number of carboxylic acids is 1. The molecule has 0 unspecified atom stereocenters. The number of carboxylic acid groups (broad SMARTS) is 1. The van der Waals surface area contributed by atoms with Gasteiger partial charge < -0.3 is 10.0 Å². The summed E-state index contributed by atoms with van der Waals surface area (Å²) < 4.78 is 0. The minimum atomic E-state index is -1.46. The number of likely N-dealkylation sites (N-methyl/N-ethyl adjacent to an activating group) is 1.